The van der Waals surface area contributed by atoms with E-state index in [4.69, 9.17) is 29.2 Å². The molecule has 25 heavy (non-hydrogen) atoms. The van der Waals surface area contributed by atoms with Crippen molar-refractivity contribution in [2.45, 2.75) is 26.1 Å². The smallest absolute Gasteiger partial charge is 0.352 e. The monoisotopic (exact) mass is 374 g/mol. The number of thiophene rings is 1. The van der Waals surface area contributed by atoms with Crippen LogP contribution in [0.15, 0.2) is 0 Å². The summed E-state index contributed by atoms with van der Waals surface area (Å²) in [6.07, 6.45) is -3.80. The Hall–Kier alpha value is -2.82. The topological polar surface area (TPSA) is 146 Å². The summed E-state index contributed by atoms with van der Waals surface area (Å²) in [7, 11) is 0. The van der Waals surface area contributed by atoms with Crippen molar-refractivity contribution in [3.05, 3.63) is 9.75 Å². The first-order valence-corrected chi connectivity index (χ1v) is 7.93. The highest BCUT2D eigenvalue weighted by Crippen LogP contribution is 2.47. The highest BCUT2D eigenvalue weighted by molar-refractivity contribution is 7.16. The molecule has 11 heteroatoms. The SMILES string of the molecule is CCOC(=O)c1sc(C(=O)OCC)c2c1OC(C(=O)O)C(C(=O)O)O2. The molecule has 0 spiro atoms. The predicted molar refractivity (Wildman–Crippen MR) is 80.3 cm³/mol. The summed E-state index contributed by atoms with van der Waals surface area (Å²) in [5, 5.41) is 18.3. The van der Waals surface area contributed by atoms with Crippen molar-refractivity contribution in [3.8, 4) is 11.5 Å². The minimum atomic E-state index is -1.90. The molecular formula is C14H14O10S. The number of fused-ring (bicyclic) bond motifs is 1. The fraction of sp³-hybridized carbons (Fsp3) is 0.429. The van der Waals surface area contributed by atoms with Crippen LogP contribution in [0.5, 0.6) is 11.5 Å². The molecule has 10 nitrogen and oxygen atoms in total. The highest BCUT2D eigenvalue weighted by Gasteiger charge is 2.46. The Balaban J connectivity index is 2.56. The fourth-order valence-electron chi connectivity index (χ4n) is 2.01. The maximum absolute atomic E-state index is 12.0. The summed E-state index contributed by atoms with van der Waals surface area (Å²) in [5.74, 6) is -5.62. The summed E-state index contributed by atoms with van der Waals surface area (Å²) in [4.78, 5) is 46.2. The first-order chi connectivity index (χ1) is 11.8. The number of ether oxygens (including phenoxy) is 4. The molecular weight excluding hydrogens is 360 g/mol. The number of carbonyl (C=O) groups is 4. The second-order valence-corrected chi connectivity index (χ2v) is 5.63. The van der Waals surface area contributed by atoms with Gasteiger partial charge in [-0.3, -0.25) is 0 Å². The molecule has 2 N–H and O–H groups in total. The van der Waals surface area contributed by atoms with Crippen LogP contribution in [0, 0.1) is 0 Å². The lowest BCUT2D eigenvalue weighted by Gasteiger charge is -2.28. The van der Waals surface area contributed by atoms with Crippen LogP contribution in [0.25, 0.3) is 0 Å². The maximum atomic E-state index is 12.0. The van der Waals surface area contributed by atoms with Gasteiger partial charge in [-0.15, -0.1) is 11.3 Å². The molecule has 2 heterocycles. The van der Waals surface area contributed by atoms with Crippen molar-refractivity contribution in [1.82, 2.24) is 0 Å². The number of carbonyl (C=O) groups excluding carboxylic acids is 2. The molecule has 0 saturated heterocycles. The number of carboxylic acid groups (broad SMARTS) is 2. The zero-order chi connectivity index (χ0) is 18.7. The Morgan fingerprint density at radius 3 is 1.52 bits per heavy atom. The van der Waals surface area contributed by atoms with Crippen LogP contribution in [0.3, 0.4) is 0 Å². The molecule has 136 valence electrons. The Bertz CT molecular complexity index is 663. The van der Waals surface area contributed by atoms with Crippen LogP contribution in [0.4, 0.5) is 0 Å². The molecule has 0 fully saturated rings. The highest BCUT2D eigenvalue weighted by atomic mass is 32.1. The molecule has 1 aromatic heterocycles. The van der Waals surface area contributed by atoms with Crippen molar-refractivity contribution in [2.75, 3.05) is 13.2 Å². The number of carboxylic acids is 2. The van der Waals surface area contributed by atoms with Crippen molar-refractivity contribution >= 4 is 35.2 Å². The van der Waals surface area contributed by atoms with Crippen LogP contribution < -0.4 is 9.47 Å². The van der Waals surface area contributed by atoms with Gasteiger partial charge in [0, 0.05) is 0 Å². The van der Waals surface area contributed by atoms with Crippen molar-refractivity contribution < 1.29 is 48.3 Å². The van der Waals surface area contributed by atoms with Gasteiger partial charge < -0.3 is 29.2 Å². The molecule has 1 aliphatic heterocycles. The molecule has 1 aliphatic rings. The molecule has 0 aliphatic carbocycles. The van der Waals surface area contributed by atoms with E-state index in [1.54, 1.807) is 13.8 Å². The van der Waals surface area contributed by atoms with E-state index in [-0.39, 0.29) is 34.5 Å². The third kappa shape index (κ3) is 3.50. The van der Waals surface area contributed by atoms with Gasteiger partial charge in [0.1, 0.15) is 0 Å². The normalized spacial score (nSPS) is 18.3. The van der Waals surface area contributed by atoms with E-state index in [1.165, 1.54) is 0 Å². The van der Waals surface area contributed by atoms with Gasteiger partial charge in [-0.1, -0.05) is 0 Å². The second-order valence-electron chi connectivity index (χ2n) is 4.61. The number of rotatable bonds is 6. The molecule has 0 bridgehead atoms. The van der Waals surface area contributed by atoms with E-state index < -0.39 is 36.1 Å². The summed E-state index contributed by atoms with van der Waals surface area (Å²) in [6, 6.07) is 0. The van der Waals surface area contributed by atoms with Crippen LogP contribution in [-0.2, 0) is 19.1 Å². The third-order valence-corrected chi connectivity index (χ3v) is 4.11. The first kappa shape index (κ1) is 18.5. The van der Waals surface area contributed by atoms with Gasteiger partial charge in [-0.2, -0.15) is 0 Å². The molecule has 0 saturated carbocycles. The zero-order valence-corrected chi connectivity index (χ0v) is 14.0. The Morgan fingerprint density at radius 1 is 0.880 bits per heavy atom. The molecule has 0 radical (unpaired) electrons. The second kappa shape index (κ2) is 7.38. The van der Waals surface area contributed by atoms with E-state index in [2.05, 4.69) is 0 Å². The summed E-state index contributed by atoms with van der Waals surface area (Å²) >= 11 is 0.614. The van der Waals surface area contributed by atoms with Gasteiger partial charge in [-0.25, -0.2) is 19.2 Å². The van der Waals surface area contributed by atoms with Gasteiger partial charge >= 0.3 is 23.9 Å². The molecule has 0 aromatic carbocycles. The van der Waals surface area contributed by atoms with Gasteiger partial charge in [0.25, 0.3) is 0 Å². The average molecular weight is 374 g/mol. The van der Waals surface area contributed by atoms with Gasteiger partial charge in [0.15, 0.2) is 21.3 Å². The van der Waals surface area contributed by atoms with Crippen LogP contribution in [-0.4, -0.2) is 59.5 Å². The van der Waals surface area contributed by atoms with E-state index in [0.717, 1.165) is 0 Å². The van der Waals surface area contributed by atoms with E-state index in [9.17, 15) is 19.2 Å². The minimum Gasteiger partial charge on any atom is -0.478 e. The quantitative estimate of drug-likeness (QED) is 0.685. The minimum absolute atomic E-state index is 0.0290. The lowest BCUT2D eigenvalue weighted by molar-refractivity contribution is -0.164. The molecule has 2 rings (SSSR count). The largest absolute Gasteiger partial charge is 0.478 e. The van der Waals surface area contributed by atoms with Crippen LogP contribution in [0.2, 0.25) is 0 Å². The van der Waals surface area contributed by atoms with E-state index >= 15 is 0 Å². The maximum Gasteiger partial charge on any atom is 0.352 e. The molecule has 0 amide bonds. The molecule has 1 aromatic rings. The molecule has 2 unspecified atom stereocenters. The van der Waals surface area contributed by atoms with Gasteiger partial charge in [-0.05, 0) is 13.8 Å². The third-order valence-electron chi connectivity index (χ3n) is 3.00. The summed E-state index contributed by atoms with van der Waals surface area (Å²) in [5.41, 5.74) is 0. The van der Waals surface area contributed by atoms with Gasteiger partial charge in [0.05, 0.1) is 13.2 Å². The number of hydrogen-bond donors (Lipinski definition) is 2. The van der Waals surface area contributed by atoms with Crippen LogP contribution in [0.1, 0.15) is 33.2 Å². The van der Waals surface area contributed by atoms with Crippen LogP contribution >= 0.6 is 11.3 Å². The average Bonchev–Trinajstić information content (AvgIpc) is 2.92. The number of aliphatic carboxylic acids is 2. The number of esters is 2. The lowest BCUT2D eigenvalue weighted by Crippen LogP contribution is -2.50. The lowest BCUT2D eigenvalue weighted by atomic mass is 10.1. The first-order valence-electron chi connectivity index (χ1n) is 7.11. The van der Waals surface area contributed by atoms with E-state index in [0.29, 0.717) is 11.3 Å². The zero-order valence-electron chi connectivity index (χ0n) is 13.1. The Morgan fingerprint density at radius 2 is 1.24 bits per heavy atom. The number of hydrogen-bond acceptors (Lipinski definition) is 9. The van der Waals surface area contributed by atoms with Crippen molar-refractivity contribution in [3.63, 3.8) is 0 Å². The summed E-state index contributed by atoms with van der Waals surface area (Å²) in [6.45, 7) is 3.17. The standard InChI is InChI=1S/C14H14O10S/c1-3-21-13(19)9-5-6(10(25-9)14(20)22-4-2)24-8(12(17)18)7(23-5)11(15)16/h7-8H,3-4H2,1-2H3,(H,15,16)(H,17,18). The predicted octanol–water partition coefficient (Wildman–Crippen LogP) is 0.779. The molecule has 2 atom stereocenters. The van der Waals surface area contributed by atoms with E-state index in [1.807, 2.05) is 0 Å². The Kier molecular flexibility index (Phi) is 5.47. The van der Waals surface area contributed by atoms with Crippen molar-refractivity contribution in [2.24, 2.45) is 0 Å². The summed E-state index contributed by atoms with van der Waals surface area (Å²) < 4.78 is 20.0. The van der Waals surface area contributed by atoms with Crippen molar-refractivity contribution in [1.29, 1.82) is 0 Å². The fourth-order valence-corrected chi connectivity index (χ4v) is 2.97. The van der Waals surface area contributed by atoms with Gasteiger partial charge in [0.2, 0.25) is 12.2 Å². The Labute approximate surface area is 144 Å².